The first kappa shape index (κ1) is 14.4. The van der Waals surface area contributed by atoms with Gasteiger partial charge in [-0.25, -0.2) is 0 Å². The third-order valence-electron chi connectivity index (χ3n) is 4.57. The van der Waals surface area contributed by atoms with Gasteiger partial charge >= 0.3 is 0 Å². The van der Waals surface area contributed by atoms with Crippen LogP contribution in [0.15, 0.2) is 40.3 Å². The van der Waals surface area contributed by atoms with Crippen LogP contribution in [0, 0.1) is 10.1 Å². The average molecular weight is 326 g/mol. The summed E-state index contributed by atoms with van der Waals surface area (Å²) in [5.74, 6) is -0.338. The van der Waals surface area contributed by atoms with Crippen molar-refractivity contribution in [2.45, 2.75) is 25.2 Å². The molecule has 0 unspecified atom stereocenters. The van der Waals surface area contributed by atoms with E-state index >= 15 is 0 Å². The lowest BCUT2D eigenvalue weighted by atomic mass is 9.76. The van der Waals surface area contributed by atoms with E-state index in [9.17, 15) is 19.7 Å². The van der Waals surface area contributed by atoms with Crippen LogP contribution in [0.2, 0.25) is 0 Å². The zero-order valence-corrected chi connectivity index (χ0v) is 12.6. The molecule has 0 spiro atoms. The molecule has 3 N–H and O–H groups in total. The van der Waals surface area contributed by atoms with E-state index in [0.29, 0.717) is 35.4 Å². The number of nitro benzene ring substituents is 1. The molecule has 8 heteroatoms. The van der Waals surface area contributed by atoms with Crippen molar-refractivity contribution in [3.8, 4) is 0 Å². The number of aromatic nitrogens is 2. The number of para-hydroxylation sites is 1. The maximum absolute atomic E-state index is 12.5. The average Bonchev–Trinajstić information content (AvgIpc) is 2.94. The minimum Gasteiger partial charge on any atom is -0.343 e. The first-order valence-corrected chi connectivity index (χ1v) is 7.65. The van der Waals surface area contributed by atoms with E-state index in [1.165, 1.54) is 6.07 Å². The van der Waals surface area contributed by atoms with Crippen LogP contribution >= 0.6 is 0 Å². The topological polar surface area (TPSA) is 121 Å². The molecule has 1 atom stereocenters. The molecule has 0 saturated heterocycles. The number of nitro groups is 1. The number of rotatable bonds is 2. The monoisotopic (exact) mass is 326 g/mol. The predicted molar refractivity (Wildman–Crippen MR) is 85.9 cm³/mol. The summed E-state index contributed by atoms with van der Waals surface area (Å²) in [6.45, 7) is 0. The smallest absolute Gasteiger partial charge is 0.273 e. The number of nitrogens with zero attached hydrogens (tertiary/aromatic N) is 1. The van der Waals surface area contributed by atoms with Gasteiger partial charge in [0.05, 0.1) is 16.4 Å². The number of fused-ring (bicyclic) bond motifs is 1. The second kappa shape index (κ2) is 5.19. The van der Waals surface area contributed by atoms with Crippen molar-refractivity contribution in [2.24, 2.45) is 0 Å². The van der Waals surface area contributed by atoms with Gasteiger partial charge < -0.3 is 5.32 Å². The van der Waals surface area contributed by atoms with Crippen LogP contribution in [0.3, 0.4) is 0 Å². The standard InChI is InChI=1S/C16H14N4O4/c21-11-7-3-5-9-13(11)12(14-15(17-9)18-19-16(14)22)8-4-1-2-6-10(8)20(23)24/h1-2,4,6,12H,3,5,7H2,(H3,17,18,19,22)/t12-/m1/s1. The number of hydrogen-bond donors (Lipinski definition) is 3. The van der Waals surface area contributed by atoms with E-state index < -0.39 is 10.8 Å². The molecule has 1 aliphatic carbocycles. The summed E-state index contributed by atoms with van der Waals surface area (Å²) in [5.41, 5.74) is 1.40. The number of hydrogen-bond acceptors (Lipinski definition) is 5. The van der Waals surface area contributed by atoms with Crippen LogP contribution in [-0.2, 0) is 4.79 Å². The number of allylic oxidation sites excluding steroid dienone is 2. The zero-order valence-electron chi connectivity index (χ0n) is 12.6. The molecule has 0 radical (unpaired) electrons. The zero-order chi connectivity index (χ0) is 16.8. The number of ketones is 1. The molecule has 1 aromatic carbocycles. The SMILES string of the molecule is O=C1CCCC2=C1[C@@H](c1ccccc1[N+](=O)[O-])c1c([nH][nH]c1=O)N2. The Morgan fingerprint density at radius 3 is 2.71 bits per heavy atom. The molecule has 1 aromatic heterocycles. The molecule has 0 amide bonds. The molecule has 122 valence electrons. The summed E-state index contributed by atoms with van der Waals surface area (Å²) >= 11 is 0. The fourth-order valence-electron chi connectivity index (χ4n) is 3.57. The number of benzene rings is 1. The predicted octanol–water partition coefficient (Wildman–Crippen LogP) is 2.18. The molecule has 0 fully saturated rings. The molecule has 2 aromatic rings. The van der Waals surface area contributed by atoms with Gasteiger partial charge in [0, 0.05) is 29.3 Å². The Kier molecular flexibility index (Phi) is 3.12. The largest absolute Gasteiger partial charge is 0.343 e. The molecule has 8 nitrogen and oxygen atoms in total. The van der Waals surface area contributed by atoms with E-state index in [2.05, 4.69) is 15.5 Å². The Morgan fingerprint density at radius 2 is 1.92 bits per heavy atom. The Hall–Kier alpha value is -3.16. The quantitative estimate of drug-likeness (QED) is 0.577. The van der Waals surface area contributed by atoms with Crippen molar-refractivity contribution in [3.05, 3.63) is 67.1 Å². The van der Waals surface area contributed by atoms with E-state index in [-0.39, 0.29) is 17.0 Å². The normalized spacial score (nSPS) is 19.5. The van der Waals surface area contributed by atoms with Gasteiger partial charge in [0.15, 0.2) is 5.78 Å². The van der Waals surface area contributed by atoms with Gasteiger partial charge in [0.2, 0.25) is 0 Å². The Morgan fingerprint density at radius 1 is 1.12 bits per heavy atom. The first-order valence-electron chi connectivity index (χ1n) is 7.65. The van der Waals surface area contributed by atoms with Crippen LogP contribution in [0.25, 0.3) is 0 Å². The minimum atomic E-state index is -0.736. The summed E-state index contributed by atoms with van der Waals surface area (Å²) in [7, 11) is 0. The van der Waals surface area contributed by atoms with Crippen molar-refractivity contribution >= 4 is 17.3 Å². The minimum absolute atomic E-state index is 0.0712. The maximum atomic E-state index is 12.5. The van der Waals surface area contributed by atoms with Gasteiger partial charge in [0.1, 0.15) is 5.82 Å². The molecule has 0 saturated carbocycles. The summed E-state index contributed by atoms with van der Waals surface area (Å²) in [6, 6.07) is 6.25. The number of anilines is 1. The molecule has 24 heavy (non-hydrogen) atoms. The van der Waals surface area contributed by atoms with Crippen molar-refractivity contribution in [3.63, 3.8) is 0 Å². The lowest BCUT2D eigenvalue weighted by Crippen LogP contribution is -2.29. The van der Waals surface area contributed by atoms with E-state index in [1.807, 2.05) is 0 Å². The lowest BCUT2D eigenvalue weighted by Gasteiger charge is -2.31. The fourth-order valence-corrected chi connectivity index (χ4v) is 3.57. The third kappa shape index (κ3) is 1.99. The second-order valence-electron chi connectivity index (χ2n) is 5.91. The Bertz CT molecular complexity index is 953. The van der Waals surface area contributed by atoms with Gasteiger partial charge in [-0.05, 0) is 12.8 Å². The number of H-pyrrole nitrogens is 2. The van der Waals surface area contributed by atoms with Gasteiger partial charge in [-0.3, -0.25) is 29.9 Å². The Labute approximate surface area is 135 Å². The second-order valence-corrected chi connectivity index (χ2v) is 5.91. The first-order chi connectivity index (χ1) is 11.6. The lowest BCUT2D eigenvalue weighted by molar-refractivity contribution is -0.385. The van der Waals surface area contributed by atoms with E-state index in [1.54, 1.807) is 18.2 Å². The fraction of sp³-hybridized carbons (Fsp3) is 0.250. The van der Waals surface area contributed by atoms with Crippen LogP contribution in [0.1, 0.15) is 36.3 Å². The third-order valence-corrected chi connectivity index (χ3v) is 4.57. The number of nitrogens with one attached hydrogen (secondary N) is 3. The number of carbonyl (C=O) groups is 1. The summed E-state index contributed by atoms with van der Waals surface area (Å²) in [5, 5.41) is 19.8. The molecular weight excluding hydrogens is 312 g/mol. The van der Waals surface area contributed by atoms with Gasteiger partial charge in [-0.15, -0.1) is 0 Å². The highest BCUT2D eigenvalue weighted by molar-refractivity contribution is 6.01. The molecule has 4 rings (SSSR count). The van der Waals surface area contributed by atoms with E-state index in [4.69, 9.17) is 0 Å². The highest BCUT2D eigenvalue weighted by Gasteiger charge is 2.40. The van der Waals surface area contributed by atoms with Crippen molar-refractivity contribution in [2.75, 3.05) is 5.32 Å². The van der Waals surface area contributed by atoms with Crippen molar-refractivity contribution < 1.29 is 9.72 Å². The molecule has 1 aliphatic heterocycles. The highest BCUT2D eigenvalue weighted by Crippen LogP contribution is 2.45. The van der Waals surface area contributed by atoms with Gasteiger partial charge in [-0.1, -0.05) is 18.2 Å². The van der Waals surface area contributed by atoms with Crippen LogP contribution in [0.4, 0.5) is 11.5 Å². The summed E-state index contributed by atoms with van der Waals surface area (Å²) < 4.78 is 0. The summed E-state index contributed by atoms with van der Waals surface area (Å²) in [6.07, 6.45) is 1.78. The molecule has 2 heterocycles. The van der Waals surface area contributed by atoms with E-state index in [0.717, 1.165) is 12.1 Å². The van der Waals surface area contributed by atoms with Crippen molar-refractivity contribution in [1.82, 2.24) is 10.2 Å². The van der Waals surface area contributed by atoms with Crippen LogP contribution in [-0.4, -0.2) is 20.9 Å². The molecule has 0 bridgehead atoms. The maximum Gasteiger partial charge on any atom is 0.273 e. The highest BCUT2D eigenvalue weighted by atomic mass is 16.6. The van der Waals surface area contributed by atoms with Crippen molar-refractivity contribution in [1.29, 1.82) is 0 Å². The molecular formula is C16H14N4O4. The number of Topliss-reactive ketones (excluding diaryl/α,β-unsaturated/α-hetero) is 1. The number of aromatic amines is 2. The van der Waals surface area contributed by atoms with Crippen LogP contribution < -0.4 is 10.9 Å². The van der Waals surface area contributed by atoms with Gasteiger partial charge in [-0.2, -0.15) is 0 Å². The van der Waals surface area contributed by atoms with Gasteiger partial charge in [0.25, 0.3) is 11.2 Å². The molecule has 2 aliphatic rings. The summed E-state index contributed by atoms with van der Waals surface area (Å²) in [4.78, 5) is 35.8. The Balaban J connectivity index is 2.02. The number of carbonyl (C=O) groups excluding carboxylic acids is 1. The van der Waals surface area contributed by atoms with Crippen LogP contribution in [0.5, 0.6) is 0 Å².